The van der Waals surface area contributed by atoms with E-state index in [0.29, 0.717) is 0 Å². The summed E-state index contributed by atoms with van der Waals surface area (Å²) in [5, 5.41) is 0. The molecule has 1 heterocycles. The molecule has 0 atom stereocenters. The lowest BCUT2D eigenvalue weighted by atomic mass is 9.62. The van der Waals surface area contributed by atoms with Gasteiger partial charge in [0.15, 0.2) is 0 Å². The van der Waals surface area contributed by atoms with E-state index in [-0.39, 0.29) is 12.5 Å². The second kappa shape index (κ2) is 3.18. The van der Waals surface area contributed by atoms with Crippen LogP contribution in [0.15, 0.2) is 0 Å². The quantitative estimate of drug-likeness (QED) is 0.492. The molecule has 0 saturated carbocycles. The molecule has 1 rings (SSSR count). The normalized spacial score (nSPS) is 23.0. The lowest BCUT2D eigenvalue weighted by Crippen LogP contribution is -2.43. The van der Waals surface area contributed by atoms with E-state index in [2.05, 4.69) is 0 Å². The SMILES string of the molecule is CN1B(Cl)CCCB1Cl. The summed E-state index contributed by atoms with van der Waals surface area (Å²) in [5.41, 5.74) is 0. The third kappa shape index (κ3) is 1.79. The topological polar surface area (TPSA) is 3.24 Å². The molecule has 0 bridgehead atoms. The van der Waals surface area contributed by atoms with Gasteiger partial charge in [-0.1, -0.05) is 6.42 Å². The molecule has 1 nitrogen and oxygen atoms in total. The largest absolute Gasteiger partial charge is 0.359 e. The Hall–Kier alpha value is 0.670. The molecule has 1 fully saturated rings. The zero-order valence-electron chi connectivity index (χ0n) is 5.48. The van der Waals surface area contributed by atoms with Crippen molar-refractivity contribution in [3.63, 3.8) is 0 Å². The maximum Gasteiger partial charge on any atom is 0.321 e. The van der Waals surface area contributed by atoms with Crippen molar-refractivity contribution in [2.75, 3.05) is 7.05 Å². The Morgan fingerprint density at radius 3 is 2.00 bits per heavy atom. The van der Waals surface area contributed by atoms with Gasteiger partial charge < -0.3 is 4.72 Å². The van der Waals surface area contributed by atoms with Gasteiger partial charge in [-0.3, -0.25) is 0 Å². The van der Waals surface area contributed by atoms with Gasteiger partial charge in [0, 0.05) is 0 Å². The molecule has 1 aliphatic heterocycles. The van der Waals surface area contributed by atoms with E-state index in [1.807, 2.05) is 11.8 Å². The van der Waals surface area contributed by atoms with Crippen molar-refractivity contribution in [1.29, 1.82) is 0 Å². The van der Waals surface area contributed by atoms with Crippen LogP contribution in [0.5, 0.6) is 0 Å². The van der Waals surface area contributed by atoms with Gasteiger partial charge in [0.1, 0.15) is 0 Å². The summed E-state index contributed by atoms with van der Waals surface area (Å²) >= 11 is 11.8. The summed E-state index contributed by atoms with van der Waals surface area (Å²) in [7, 11) is 1.97. The lowest BCUT2D eigenvalue weighted by Gasteiger charge is -2.27. The zero-order valence-corrected chi connectivity index (χ0v) is 6.99. The Labute approximate surface area is 66.7 Å². The van der Waals surface area contributed by atoms with Crippen LogP contribution in [0.2, 0.25) is 12.6 Å². The Morgan fingerprint density at radius 2 is 1.67 bits per heavy atom. The number of hydrogen-bond acceptors (Lipinski definition) is 1. The highest BCUT2D eigenvalue weighted by atomic mass is 35.5. The first kappa shape index (κ1) is 7.77. The molecule has 0 aliphatic carbocycles. The molecular formula is C4H9B2Cl2N. The second-order valence-electron chi connectivity index (χ2n) is 2.47. The second-order valence-corrected chi connectivity index (χ2v) is 3.47. The minimum Gasteiger partial charge on any atom is -0.359 e. The molecule has 0 unspecified atom stereocenters. The van der Waals surface area contributed by atoms with Gasteiger partial charge in [0.2, 0.25) is 0 Å². The molecule has 5 heteroatoms. The van der Waals surface area contributed by atoms with Crippen LogP contribution in [0.1, 0.15) is 6.42 Å². The molecule has 0 spiro atoms. The highest BCUT2D eigenvalue weighted by molar-refractivity contribution is 7.16. The fourth-order valence-electron chi connectivity index (χ4n) is 1.04. The maximum absolute atomic E-state index is 5.90. The minimum absolute atomic E-state index is 0.154. The number of rotatable bonds is 0. The lowest BCUT2D eigenvalue weighted by molar-refractivity contribution is 0.766. The van der Waals surface area contributed by atoms with Gasteiger partial charge in [-0.2, -0.15) is 22.9 Å². The Kier molecular flexibility index (Phi) is 2.74. The first-order valence-corrected chi connectivity index (χ1v) is 4.09. The van der Waals surface area contributed by atoms with Crippen LogP contribution in [0, 0.1) is 0 Å². The predicted octanol–water partition coefficient (Wildman–Crippen LogP) is 1.78. The molecule has 0 radical (unpaired) electrons. The van der Waals surface area contributed by atoms with Crippen molar-refractivity contribution in [3.05, 3.63) is 0 Å². The maximum atomic E-state index is 5.90. The van der Waals surface area contributed by atoms with Gasteiger partial charge in [0.05, 0.1) is 0 Å². The van der Waals surface area contributed by atoms with E-state index in [1.165, 1.54) is 0 Å². The summed E-state index contributed by atoms with van der Waals surface area (Å²) in [6, 6.07) is 0. The van der Waals surface area contributed by atoms with E-state index in [4.69, 9.17) is 22.9 Å². The smallest absolute Gasteiger partial charge is 0.321 e. The molecule has 0 amide bonds. The van der Waals surface area contributed by atoms with Gasteiger partial charge in [-0.15, -0.1) is 0 Å². The Bertz CT molecular complexity index is 92.6. The van der Waals surface area contributed by atoms with Crippen molar-refractivity contribution in [2.24, 2.45) is 0 Å². The zero-order chi connectivity index (χ0) is 6.85. The highest BCUT2D eigenvalue weighted by Crippen LogP contribution is 2.21. The van der Waals surface area contributed by atoms with E-state index < -0.39 is 0 Å². The molecule has 0 aromatic rings. The van der Waals surface area contributed by atoms with E-state index >= 15 is 0 Å². The number of hydrogen-bond donors (Lipinski definition) is 0. The van der Waals surface area contributed by atoms with Crippen LogP contribution >= 0.6 is 22.9 Å². The first-order valence-electron chi connectivity index (χ1n) is 3.22. The van der Waals surface area contributed by atoms with Crippen LogP contribution in [0.3, 0.4) is 0 Å². The average molecular weight is 164 g/mol. The van der Waals surface area contributed by atoms with Crippen LogP contribution in [-0.4, -0.2) is 24.3 Å². The van der Waals surface area contributed by atoms with Crippen LogP contribution < -0.4 is 0 Å². The van der Waals surface area contributed by atoms with E-state index in [0.717, 1.165) is 19.1 Å². The van der Waals surface area contributed by atoms with Crippen molar-refractivity contribution in [1.82, 2.24) is 4.72 Å². The summed E-state index contributed by atoms with van der Waals surface area (Å²) in [6.07, 6.45) is 3.61. The predicted molar refractivity (Wildman–Crippen MR) is 45.2 cm³/mol. The van der Waals surface area contributed by atoms with Crippen molar-refractivity contribution in [2.45, 2.75) is 19.1 Å². The molecule has 1 aliphatic rings. The van der Waals surface area contributed by atoms with Crippen LogP contribution in [-0.2, 0) is 0 Å². The molecule has 1 saturated heterocycles. The standard InChI is InChI=1S/C4H9B2Cl2N/c1-9-5(7)3-2-4-6(9)8/h2-4H2,1H3. The fraction of sp³-hybridized carbons (Fsp3) is 1.00. The third-order valence-electron chi connectivity index (χ3n) is 1.77. The molecule has 50 valence electrons. The monoisotopic (exact) mass is 163 g/mol. The van der Waals surface area contributed by atoms with Crippen molar-refractivity contribution in [3.8, 4) is 0 Å². The van der Waals surface area contributed by atoms with Gasteiger partial charge >= 0.3 is 12.5 Å². The van der Waals surface area contributed by atoms with E-state index in [1.54, 1.807) is 0 Å². The van der Waals surface area contributed by atoms with Crippen molar-refractivity contribution >= 4 is 35.4 Å². The van der Waals surface area contributed by atoms with E-state index in [9.17, 15) is 0 Å². The molecule has 0 aromatic heterocycles. The number of halogens is 2. The summed E-state index contributed by atoms with van der Waals surface area (Å²) in [4.78, 5) is 0. The number of nitrogens with zero attached hydrogens (tertiary/aromatic N) is 1. The average Bonchev–Trinajstić information content (AvgIpc) is 1.83. The van der Waals surface area contributed by atoms with Gasteiger partial charge in [-0.25, -0.2) is 0 Å². The molecule has 0 N–H and O–H groups in total. The summed E-state index contributed by atoms with van der Waals surface area (Å²) < 4.78 is 2.01. The first-order chi connectivity index (χ1) is 4.22. The Balaban J connectivity index is 2.41. The Morgan fingerprint density at radius 1 is 1.22 bits per heavy atom. The fourth-order valence-corrected chi connectivity index (χ4v) is 1.68. The third-order valence-corrected chi connectivity index (χ3v) is 2.82. The molecular weight excluding hydrogens is 155 g/mol. The van der Waals surface area contributed by atoms with Crippen LogP contribution in [0.25, 0.3) is 0 Å². The van der Waals surface area contributed by atoms with Gasteiger partial charge in [0.25, 0.3) is 0 Å². The summed E-state index contributed by atoms with van der Waals surface area (Å²) in [6.45, 7) is 0. The molecule has 0 aromatic carbocycles. The van der Waals surface area contributed by atoms with Crippen LogP contribution in [0.4, 0.5) is 0 Å². The minimum atomic E-state index is 0.154. The van der Waals surface area contributed by atoms with Crippen molar-refractivity contribution < 1.29 is 0 Å². The molecule has 9 heavy (non-hydrogen) atoms. The van der Waals surface area contributed by atoms with Gasteiger partial charge in [-0.05, 0) is 19.7 Å². The highest BCUT2D eigenvalue weighted by Gasteiger charge is 2.30. The summed E-state index contributed by atoms with van der Waals surface area (Å²) in [5.74, 6) is 0.